The first-order valence-electron chi connectivity index (χ1n) is 18.8. The molecule has 53 heavy (non-hydrogen) atoms. The van der Waals surface area contributed by atoms with Crippen LogP contribution in [-0.2, 0) is 27.5 Å². The number of amides is 5. The predicted octanol–water partition coefficient (Wildman–Crippen LogP) is 3.54. The van der Waals surface area contributed by atoms with E-state index >= 15 is 0 Å². The molecule has 2 aromatic rings. The summed E-state index contributed by atoms with van der Waals surface area (Å²) in [6.45, 7) is 10.7. The van der Waals surface area contributed by atoms with E-state index in [0.29, 0.717) is 25.4 Å². The van der Waals surface area contributed by atoms with E-state index in [1.54, 1.807) is 31.1 Å². The molecule has 0 aliphatic carbocycles. The Kier molecular flexibility index (Phi) is 12.2. The van der Waals surface area contributed by atoms with Gasteiger partial charge in [-0.25, -0.2) is 4.79 Å². The molecule has 1 atom stereocenters. The number of ether oxygens (including phenoxy) is 2. The number of piperidine rings is 2. The van der Waals surface area contributed by atoms with Crippen LogP contribution in [0.25, 0.3) is 5.57 Å². The van der Waals surface area contributed by atoms with E-state index in [1.807, 2.05) is 20.2 Å². The van der Waals surface area contributed by atoms with Crippen molar-refractivity contribution in [2.45, 2.75) is 58.2 Å². The predicted molar refractivity (Wildman–Crippen MR) is 204 cm³/mol. The van der Waals surface area contributed by atoms with Crippen LogP contribution in [0.3, 0.4) is 0 Å². The largest absolute Gasteiger partial charge is 0.496 e. The van der Waals surface area contributed by atoms with Gasteiger partial charge in [-0.3, -0.25) is 29.5 Å². The highest BCUT2D eigenvalue weighted by Gasteiger charge is 2.32. The van der Waals surface area contributed by atoms with Gasteiger partial charge in [-0.2, -0.15) is 0 Å². The number of urea groups is 1. The Bertz CT molecular complexity index is 1670. The molecular formula is C40H55N7O6. The zero-order chi connectivity index (χ0) is 37.6. The molecular weight excluding hydrogens is 674 g/mol. The van der Waals surface area contributed by atoms with Crippen LogP contribution >= 0.6 is 0 Å². The van der Waals surface area contributed by atoms with Crippen molar-refractivity contribution in [2.24, 2.45) is 5.92 Å². The van der Waals surface area contributed by atoms with Gasteiger partial charge in [0.2, 0.25) is 18.2 Å². The minimum atomic E-state index is -0.626. The van der Waals surface area contributed by atoms with Gasteiger partial charge in [-0.15, -0.1) is 0 Å². The molecule has 0 radical (unpaired) electrons. The van der Waals surface area contributed by atoms with Gasteiger partial charge in [0.15, 0.2) is 0 Å². The number of carbonyl (C=O) groups is 4. The third-order valence-electron chi connectivity index (χ3n) is 11.5. The molecule has 13 heteroatoms. The standard InChI is InChI=1S/C40H55N7O6/c1-28-6-7-33(20-31(28)25-47(27-48)35-8-9-38(49)41-39(35)50)46-18-16-44(17-19-46)13-10-29-11-14-45(15-12-29)26-34-36(52-4)21-30(22-37(34)53-5)32-23-42(2)40(51)43(3)24-32/h6-7,20-23,27,29,35H,8-19,24-26H2,1-5H3,(H,41,49,50). The topological polar surface area (TPSA) is 118 Å². The molecule has 2 aromatic carbocycles. The van der Waals surface area contributed by atoms with Gasteiger partial charge in [-0.1, -0.05) is 6.07 Å². The summed E-state index contributed by atoms with van der Waals surface area (Å²) >= 11 is 0. The second-order valence-corrected chi connectivity index (χ2v) is 15.0. The number of likely N-dealkylation sites (N-methyl/N-ethyl adjacent to an activating group) is 1. The number of benzene rings is 2. The highest BCUT2D eigenvalue weighted by molar-refractivity contribution is 6.00. The number of piperazine rings is 1. The zero-order valence-electron chi connectivity index (χ0n) is 31.9. The number of aryl methyl sites for hydroxylation is 1. The normalized spacial score (nSPS) is 20.7. The van der Waals surface area contributed by atoms with Crippen LogP contribution in [0.4, 0.5) is 10.5 Å². The van der Waals surface area contributed by atoms with Crippen LogP contribution < -0.4 is 19.7 Å². The highest BCUT2D eigenvalue weighted by Crippen LogP contribution is 2.36. The van der Waals surface area contributed by atoms with Crippen molar-refractivity contribution in [2.75, 3.05) is 85.6 Å². The summed E-state index contributed by atoms with van der Waals surface area (Å²) in [6, 6.07) is 9.87. The number of anilines is 1. The lowest BCUT2D eigenvalue weighted by atomic mass is 9.92. The first-order valence-corrected chi connectivity index (χ1v) is 18.8. The number of hydrogen-bond acceptors (Lipinski definition) is 9. The van der Waals surface area contributed by atoms with Crippen LogP contribution in [0.1, 0.15) is 54.4 Å². The van der Waals surface area contributed by atoms with Crippen molar-refractivity contribution in [1.82, 2.24) is 29.8 Å². The molecule has 4 heterocycles. The summed E-state index contributed by atoms with van der Waals surface area (Å²) in [6.07, 6.45) is 6.75. The Hall–Kier alpha value is -4.62. The first-order chi connectivity index (χ1) is 25.6. The van der Waals surface area contributed by atoms with E-state index in [0.717, 1.165) is 104 Å². The van der Waals surface area contributed by atoms with E-state index in [-0.39, 0.29) is 18.4 Å². The number of likely N-dealkylation sites (tertiary alicyclic amines) is 1. The summed E-state index contributed by atoms with van der Waals surface area (Å²) < 4.78 is 11.8. The van der Waals surface area contributed by atoms with E-state index in [4.69, 9.17) is 9.47 Å². The van der Waals surface area contributed by atoms with Crippen molar-refractivity contribution >= 4 is 35.5 Å². The molecule has 3 fully saturated rings. The molecule has 0 bridgehead atoms. The molecule has 13 nitrogen and oxygen atoms in total. The lowest BCUT2D eigenvalue weighted by molar-refractivity contribution is -0.141. The van der Waals surface area contributed by atoms with E-state index in [2.05, 4.69) is 50.3 Å². The zero-order valence-corrected chi connectivity index (χ0v) is 31.9. The average Bonchev–Trinajstić information content (AvgIpc) is 3.16. The second kappa shape index (κ2) is 17.0. The Morgan fingerprint density at radius 1 is 0.906 bits per heavy atom. The summed E-state index contributed by atoms with van der Waals surface area (Å²) in [5.74, 6) is 1.63. The maximum absolute atomic E-state index is 12.4. The van der Waals surface area contributed by atoms with Gasteiger partial charge < -0.3 is 29.1 Å². The number of carbonyl (C=O) groups excluding carboxylic acids is 4. The molecule has 5 amide bonds. The van der Waals surface area contributed by atoms with E-state index in [1.165, 1.54) is 24.2 Å². The van der Waals surface area contributed by atoms with Gasteiger partial charge in [0.05, 0.1) is 19.8 Å². The number of nitrogens with zero attached hydrogens (tertiary/aromatic N) is 6. The molecule has 6 rings (SSSR count). The first kappa shape index (κ1) is 38.1. The number of hydrogen-bond donors (Lipinski definition) is 1. The summed E-state index contributed by atoms with van der Waals surface area (Å²) in [5.41, 5.74) is 6.30. The molecule has 4 aliphatic heterocycles. The lowest BCUT2D eigenvalue weighted by Gasteiger charge is -2.38. The van der Waals surface area contributed by atoms with Crippen molar-refractivity contribution in [3.63, 3.8) is 0 Å². The molecule has 0 spiro atoms. The monoisotopic (exact) mass is 729 g/mol. The van der Waals surface area contributed by atoms with Crippen LogP contribution in [0.15, 0.2) is 36.5 Å². The molecule has 1 unspecified atom stereocenters. The Morgan fingerprint density at radius 3 is 2.23 bits per heavy atom. The smallest absolute Gasteiger partial charge is 0.323 e. The molecule has 0 aromatic heterocycles. The molecule has 286 valence electrons. The average molecular weight is 730 g/mol. The number of imide groups is 1. The fraction of sp³-hybridized carbons (Fsp3) is 0.550. The minimum absolute atomic E-state index is 0.0279. The fourth-order valence-corrected chi connectivity index (χ4v) is 8.11. The van der Waals surface area contributed by atoms with Crippen LogP contribution in [-0.4, -0.2) is 135 Å². The maximum Gasteiger partial charge on any atom is 0.323 e. The van der Waals surface area contributed by atoms with Gasteiger partial charge in [0.25, 0.3) is 0 Å². The fourth-order valence-electron chi connectivity index (χ4n) is 8.11. The van der Waals surface area contributed by atoms with E-state index < -0.39 is 11.9 Å². The molecule has 4 aliphatic rings. The van der Waals surface area contributed by atoms with Gasteiger partial charge >= 0.3 is 6.03 Å². The van der Waals surface area contributed by atoms with Crippen molar-refractivity contribution in [3.05, 3.63) is 58.8 Å². The molecule has 3 saturated heterocycles. The SMILES string of the molecule is COc1cc(C2=CN(C)C(=O)N(C)C2)cc(OC)c1CN1CCC(CCN2CCN(c3ccc(C)c(CN(C=O)C4CCC(=O)NC4=O)c3)CC2)CC1. The van der Waals surface area contributed by atoms with Crippen molar-refractivity contribution < 1.29 is 28.7 Å². The number of methoxy groups -OCH3 is 2. The molecule has 1 N–H and O–H groups in total. The summed E-state index contributed by atoms with van der Waals surface area (Å²) in [4.78, 5) is 60.6. The third kappa shape index (κ3) is 8.96. The Labute approximate surface area is 313 Å². The van der Waals surface area contributed by atoms with Crippen LogP contribution in [0, 0.1) is 12.8 Å². The maximum atomic E-state index is 12.4. The number of nitrogens with one attached hydrogen (secondary N) is 1. The van der Waals surface area contributed by atoms with Gasteiger partial charge in [0, 0.05) is 78.2 Å². The highest BCUT2D eigenvalue weighted by atomic mass is 16.5. The van der Waals surface area contributed by atoms with Crippen LogP contribution in [0.5, 0.6) is 11.5 Å². The minimum Gasteiger partial charge on any atom is -0.496 e. The van der Waals surface area contributed by atoms with Gasteiger partial charge in [-0.05, 0) is 105 Å². The summed E-state index contributed by atoms with van der Waals surface area (Å²) in [5, 5.41) is 2.36. The Balaban J connectivity index is 0.967. The van der Waals surface area contributed by atoms with Crippen molar-refractivity contribution in [1.29, 1.82) is 0 Å². The van der Waals surface area contributed by atoms with Gasteiger partial charge in [0.1, 0.15) is 17.5 Å². The summed E-state index contributed by atoms with van der Waals surface area (Å²) in [7, 11) is 6.99. The third-order valence-corrected chi connectivity index (χ3v) is 11.5. The lowest BCUT2D eigenvalue weighted by Crippen LogP contribution is -2.51. The Morgan fingerprint density at radius 2 is 1.60 bits per heavy atom. The second-order valence-electron chi connectivity index (χ2n) is 15.0. The van der Waals surface area contributed by atoms with Crippen LogP contribution in [0.2, 0.25) is 0 Å². The van der Waals surface area contributed by atoms with Crippen molar-refractivity contribution in [3.8, 4) is 11.5 Å². The number of rotatable bonds is 13. The molecule has 0 saturated carbocycles. The quantitative estimate of drug-likeness (QED) is 0.244. The van der Waals surface area contributed by atoms with E-state index in [9.17, 15) is 19.2 Å².